The maximum Gasteiger partial charge on any atom is 0.345 e. The molecule has 1 aliphatic rings. The van der Waals surface area contributed by atoms with Crippen LogP contribution in [0.3, 0.4) is 0 Å². The van der Waals surface area contributed by atoms with Crippen LogP contribution in [0.15, 0.2) is 16.3 Å². The van der Waals surface area contributed by atoms with Gasteiger partial charge in [-0.15, -0.1) is 11.3 Å². The molecule has 0 saturated carbocycles. The summed E-state index contributed by atoms with van der Waals surface area (Å²) in [5.74, 6) is -1.10. The minimum atomic E-state index is -3.56. The summed E-state index contributed by atoms with van der Waals surface area (Å²) < 4.78 is 26.1. The van der Waals surface area contributed by atoms with Gasteiger partial charge in [0.2, 0.25) is 10.0 Å². The van der Waals surface area contributed by atoms with Crippen LogP contribution in [0.5, 0.6) is 0 Å². The Bertz CT molecular complexity index is 579. The number of carboxylic acid groups (broad SMARTS) is 1. The predicted octanol–water partition coefficient (Wildman–Crippen LogP) is 0.771. The maximum atomic E-state index is 12.4. The Labute approximate surface area is 116 Å². The lowest BCUT2D eigenvalue weighted by Gasteiger charge is -2.19. The van der Waals surface area contributed by atoms with Crippen molar-refractivity contribution < 1.29 is 18.3 Å². The van der Waals surface area contributed by atoms with Gasteiger partial charge in [0.1, 0.15) is 4.88 Å². The summed E-state index contributed by atoms with van der Waals surface area (Å²) in [6, 6.07) is 1.44. The Balaban J connectivity index is 2.21. The lowest BCUT2D eigenvalue weighted by Crippen LogP contribution is -2.34. The zero-order valence-electron chi connectivity index (χ0n) is 10.7. The highest BCUT2D eigenvalue weighted by Gasteiger charge is 2.34. The standard InChI is InChI=1S/C11H16N2O4S2/c1-12(2)8-3-4-13(6-8)19(16,17)9-5-10(11(14)15)18-7-9/h5,7-8H,3-4,6H2,1-2H3,(H,14,15). The second kappa shape index (κ2) is 5.20. The first-order chi connectivity index (χ1) is 8.82. The van der Waals surface area contributed by atoms with Crippen molar-refractivity contribution in [3.05, 3.63) is 16.3 Å². The molecule has 1 atom stereocenters. The van der Waals surface area contributed by atoms with Gasteiger partial charge in [-0.2, -0.15) is 4.31 Å². The van der Waals surface area contributed by atoms with Crippen molar-refractivity contribution in [2.45, 2.75) is 17.4 Å². The van der Waals surface area contributed by atoms with Gasteiger partial charge in [0.15, 0.2) is 0 Å². The third kappa shape index (κ3) is 2.81. The molecule has 0 spiro atoms. The van der Waals surface area contributed by atoms with Gasteiger partial charge in [-0.1, -0.05) is 0 Å². The summed E-state index contributed by atoms with van der Waals surface area (Å²) in [5, 5.41) is 10.2. The Hall–Kier alpha value is -0.960. The van der Waals surface area contributed by atoms with Crippen molar-refractivity contribution in [3.63, 3.8) is 0 Å². The number of thiophene rings is 1. The van der Waals surface area contributed by atoms with Crippen molar-refractivity contribution >= 4 is 27.3 Å². The normalized spacial score (nSPS) is 21.1. The van der Waals surface area contributed by atoms with Gasteiger partial charge in [0.05, 0.1) is 4.90 Å². The first-order valence-electron chi connectivity index (χ1n) is 5.81. The van der Waals surface area contributed by atoms with Gasteiger partial charge in [0.25, 0.3) is 0 Å². The smallest absolute Gasteiger partial charge is 0.345 e. The highest BCUT2D eigenvalue weighted by molar-refractivity contribution is 7.89. The van der Waals surface area contributed by atoms with E-state index in [9.17, 15) is 13.2 Å². The highest BCUT2D eigenvalue weighted by atomic mass is 32.2. The summed E-state index contributed by atoms with van der Waals surface area (Å²) in [6.07, 6.45) is 0.794. The molecule has 106 valence electrons. The van der Waals surface area contributed by atoms with E-state index in [0.717, 1.165) is 17.8 Å². The summed E-state index contributed by atoms with van der Waals surface area (Å²) in [6.45, 7) is 0.928. The van der Waals surface area contributed by atoms with E-state index >= 15 is 0 Å². The molecule has 1 N–H and O–H groups in total. The van der Waals surface area contributed by atoms with Gasteiger partial charge in [-0.25, -0.2) is 13.2 Å². The number of hydrogen-bond acceptors (Lipinski definition) is 5. The molecule has 1 saturated heterocycles. The van der Waals surface area contributed by atoms with Crippen LogP contribution in [0, 0.1) is 0 Å². The van der Waals surface area contributed by atoms with Crippen molar-refractivity contribution in [2.75, 3.05) is 27.2 Å². The fourth-order valence-corrected chi connectivity index (χ4v) is 4.66. The number of sulfonamides is 1. The Morgan fingerprint density at radius 1 is 1.53 bits per heavy atom. The number of hydrogen-bond donors (Lipinski definition) is 1. The summed E-state index contributed by atoms with van der Waals surface area (Å²) >= 11 is 0.935. The first kappa shape index (κ1) is 14.4. The predicted molar refractivity (Wildman–Crippen MR) is 72.1 cm³/mol. The molecule has 0 amide bonds. The SMILES string of the molecule is CN(C)C1CCN(S(=O)(=O)c2csc(C(=O)O)c2)C1. The van der Waals surface area contributed by atoms with Crippen LogP contribution in [0.25, 0.3) is 0 Å². The molecular weight excluding hydrogens is 288 g/mol. The van der Waals surface area contributed by atoms with Crippen molar-refractivity contribution in [2.24, 2.45) is 0 Å². The quantitative estimate of drug-likeness (QED) is 0.889. The highest BCUT2D eigenvalue weighted by Crippen LogP contribution is 2.26. The van der Waals surface area contributed by atoms with Gasteiger partial charge in [-0.05, 0) is 26.6 Å². The zero-order chi connectivity index (χ0) is 14.2. The van der Waals surface area contributed by atoms with Crippen LogP contribution >= 0.6 is 11.3 Å². The van der Waals surface area contributed by atoms with Crippen LogP contribution < -0.4 is 0 Å². The van der Waals surface area contributed by atoms with Crippen molar-refractivity contribution in [3.8, 4) is 0 Å². The molecule has 0 bridgehead atoms. The number of carbonyl (C=O) groups is 1. The molecule has 2 rings (SSSR count). The van der Waals surface area contributed by atoms with Crippen LogP contribution in [0.4, 0.5) is 0 Å². The zero-order valence-corrected chi connectivity index (χ0v) is 12.4. The van der Waals surface area contributed by atoms with Gasteiger partial charge in [-0.3, -0.25) is 0 Å². The largest absolute Gasteiger partial charge is 0.477 e. The van der Waals surface area contributed by atoms with Crippen LogP contribution in [0.1, 0.15) is 16.1 Å². The second-order valence-electron chi connectivity index (χ2n) is 4.72. The molecular formula is C11H16N2O4S2. The molecule has 1 aromatic heterocycles. The Morgan fingerprint density at radius 2 is 2.21 bits per heavy atom. The fraction of sp³-hybridized carbons (Fsp3) is 0.545. The fourth-order valence-electron chi connectivity index (χ4n) is 2.07. The lowest BCUT2D eigenvalue weighted by atomic mass is 10.2. The third-order valence-corrected chi connectivity index (χ3v) is 6.19. The summed E-state index contributed by atoms with van der Waals surface area (Å²) in [4.78, 5) is 12.9. The minimum absolute atomic E-state index is 0.0435. The van der Waals surface area contributed by atoms with E-state index in [0.29, 0.717) is 13.1 Å². The molecule has 1 unspecified atom stereocenters. The molecule has 1 aliphatic heterocycles. The number of rotatable bonds is 4. The molecule has 8 heteroatoms. The van der Waals surface area contributed by atoms with E-state index in [1.54, 1.807) is 0 Å². The molecule has 19 heavy (non-hydrogen) atoms. The van der Waals surface area contributed by atoms with Crippen molar-refractivity contribution in [1.82, 2.24) is 9.21 Å². The number of likely N-dealkylation sites (N-methyl/N-ethyl adjacent to an activating group) is 1. The average molecular weight is 304 g/mol. The number of nitrogens with zero attached hydrogens (tertiary/aromatic N) is 2. The second-order valence-corrected chi connectivity index (χ2v) is 7.57. The number of aromatic carboxylic acids is 1. The summed E-state index contributed by atoms with van der Waals surface area (Å²) in [5.41, 5.74) is 0. The van der Waals surface area contributed by atoms with Gasteiger partial charge in [0, 0.05) is 24.5 Å². The third-order valence-electron chi connectivity index (χ3n) is 3.28. The average Bonchev–Trinajstić information content (AvgIpc) is 2.99. The van der Waals surface area contributed by atoms with E-state index in [4.69, 9.17) is 5.11 Å². The maximum absolute atomic E-state index is 12.4. The Kier molecular flexibility index (Phi) is 3.95. The molecule has 6 nitrogen and oxygen atoms in total. The Morgan fingerprint density at radius 3 is 2.68 bits per heavy atom. The molecule has 2 heterocycles. The van der Waals surface area contributed by atoms with E-state index in [1.807, 2.05) is 19.0 Å². The lowest BCUT2D eigenvalue weighted by molar-refractivity contribution is 0.0702. The minimum Gasteiger partial charge on any atom is -0.477 e. The topological polar surface area (TPSA) is 77.9 Å². The van der Waals surface area contributed by atoms with Gasteiger partial charge < -0.3 is 10.0 Å². The van der Waals surface area contributed by atoms with Crippen molar-refractivity contribution in [1.29, 1.82) is 0 Å². The van der Waals surface area contributed by atoms with E-state index in [1.165, 1.54) is 15.8 Å². The van der Waals surface area contributed by atoms with Crippen LogP contribution in [0.2, 0.25) is 0 Å². The van der Waals surface area contributed by atoms with E-state index in [2.05, 4.69) is 0 Å². The molecule has 0 aromatic carbocycles. The van der Waals surface area contributed by atoms with Gasteiger partial charge >= 0.3 is 5.97 Å². The van der Waals surface area contributed by atoms with Crippen LogP contribution in [-0.4, -0.2) is 61.9 Å². The molecule has 1 fully saturated rings. The van der Waals surface area contributed by atoms with E-state index < -0.39 is 16.0 Å². The van der Waals surface area contributed by atoms with Crippen LogP contribution in [-0.2, 0) is 10.0 Å². The first-order valence-corrected chi connectivity index (χ1v) is 8.12. The molecule has 0 radical (unpaired) electrons. The number of carboxylic acids is 1. The monoisotopic (exact) mass is 304 g/mol. The molecule has 0 aliphatic carbocycles. The van der Waals surface area contributed by atoms with E-state index in [-0.39, 0.29) is 15.8 Å². The molecule has 1 aromatic rings. The summed E-state index contributed by atoms with van der Waals surface area (Å²) in [7, 11) is 0.285.